The minimum atomic E-state index is -0.00759. The first-order valence-electron chi connectivity index (χ1n) is 7.11. The molecule has 1 aliphatic rings. The molecule has 20 heavy (non-hydrogen) atoms. The van der Waals surface area contributed by atoms with E-state index in [2.05, 4.69) is 24.3 Å². The number of fused-ring (bicyclic) bond motifs is 1. The number of nitrogens with zero attached hydrogens (tertiary/aromatic N) is 2. The van der Waals surface area contributed by atoms with Crippen LogP contribution in [0, 0.1) is 0 Å². The van der Waals surface area contributed by atoms with Gasteiger partial charge in [-0.05, 0) is 45.1 Å². The lowest BCUT2D eigenvalue weighted by molar-refractivity contribution is 0.102. The second-order valence-corrected chi connectivity index (χ2v) is 6.43. The van der Waals surface area contributed by atoms with Gasteiger partial charge >= 0.3 is 0 Å². The molecule has 106 valence electrons. The summed E-state index contributed by atoms with van der Waals surface area (Å²) in [6.45, 7) is 4.10. The molecule has 0 aromatic carbocycles. The number of carbonyl (C=O) groups excluding carboxylic acids is 1. The van der Waals surface area contributed by atoms with Gasteiger partial charge in [-0.3, -0.25) is 4.79 Å². The third kappa shape index (κ3) is 2.38. The van der Waals surface area contributed by atoms with Crippen LogP contribution in [0.3, 0.4) is 0 Å². The molecule has 2 heterocycles. The predicted molar refractivity (Wildman–Crippen MR) is 81.5 cm³/mol. The van der Waals surface area contributed by atoms with Gasteiger partial charge in [0.15, 0.2) is 0 Å². The number of rotatable bonds is 3. The second kappa shape index (κ2) is 5.40. The van der Waals surface area contributed by atoms with Crippen molar-refractivity contribution in [1.82, 2.24) is 9.78 Å². The Morgan fingerprint density at radius 2 is 2.20 bits per heavy atom. The van der Waals surface area contributed by atoms with Crippen LogP contribution in [0.2, 0.25) is 0 Å². The molecule has 0 saturated carbocycles. The average Bonchev–Trinajstić information content (AvgIpc) is 3.04. The van der Waals surface area contributed by atoms with E-state index in [9.17, 15) is 4.79 Å². The molecule has 0 bridgehead atoms. The lowest BCUT2D eigenvalue weighted by Gasteiger charge is -2.14. The number of anilines is 1. The maximum absolute atomic E-state index is 12.5. The summed E-state index contributed by atoms with van der Waals surface area (Å²) in [6.07, 6.45) is 6.31. The Kier molecular flexibility index (Phi) is 3.61. The van der Waals surface area contributed by atoms with Crippen LogP contribution >= 0.6 is 11.3 Å². The fourth-order valence-electron chi connectivity index (χ4n) is 2.69. The van der Waals surface area contributed by atoms with E-state index >= 15 is 0 Å². The number of hydrogen-bond acceptors (Lipinski definition) is 3. The van der Waals surface area contributed by atoms with Crippen molar-refractivity contribution in [2.45, 2.75) is 45.6 Å². The number of nitrogens with one attached hydrogen (secondary N) is 1. The third-order valence-electron chi connectivity index (χ3n) is 3.71. The number of thiophene rings is 1. The summed E-state index contributed by atoms with van der Waals surface area (Å²) in [5, 5.41) is 9.24. The minimum absolute atomic E-state index is 0.00759. The zero-order valence-electron chi connectivity index (χ0n) is 11.8. The molecule has 3 rings (SSSR count). The van der Waals surface area contributed by atoms with E-state index in [1.54, 1.807) is 17.5 Å². The molecule has 0 radical (unpaired) electrons. The highest BCUT2D eigenvalue weighted by molar-refractivity contribution is 7.10. The lowest BCUT2D eigenvalue weighted by atomic mass is 9.96. The highest BCUT2D eigenvalue weighted by Crippen LogP contribution is 2.30. The smallest absolute Gasteiger partial charge is 0.257 e. The van der Waals surface area contributed by atoms with Crippen LogP contribution in [0.4, 0.5) is 5.82 Å². The van der Waals surface area contributed by atoms with Gasteiger partial charge in [0.1, 0.15) is 5.82 Å². The second-order valence-electron chi connectivity index (χ2n) is 5.47. The molecule has 2 aromatic rings. The van der Waals surface area contributed by atoms with Crippen molar-refractivity contribution in [1.29, 1.82) is 0 Å². The quantitative estimate of drug-likeness (QED) is 0.937. The van der Waals surface area contributed by atoms with Crippen molar-refractivity contribution in [2.24, 2.45) is 0 Å². The van der Waals surface area contributed by atoms with Crippen LogP contribution in [0.25, 0.3) is 0 Å². The van der Waals surface area contributed by atoms with E-state index in [1.807, 2.05) is 16.1 Å². The molecular weight excluding hydrogens is 270 g/mol. The Morgan fingerprint density at radius 1 is 1.40 bits per heavy atom. The summed E-state index contributed by atoms with van der Waals surface area (Å²) < 4.78 is 1.83. The zero-order valence-corrected chi connectivity index (χ0v) is 12.7. The summed E-state index contributed by atoms with van der Waals surface area (Å²) >= 11 is 1.72. The van der Waals surface area contributed by atoms with Gasteiger partial charge in [-0.1, -0.05) is 0 Å². The molecule has 0 saturated heterocycles. The van der Waals surface area contributed by atoms with Gasteiger partial charge in [0.25, 0.3) is 5.91 Å². The van der Waals surface area contributed by atoms with Gasteiger partial charge in [0.05, 0.1) is 11.8 Å². The first-order valence-corrected chi connectivity index (χ1v) is 7.99. The molecule has 1 N–H and O–H groups in total. The molecule has 0 atom stereocenters. The topological polar surface area (TPSA) is 46.9 Å². The normalized spacial score (nSPS) is 14.3. The fraction of sp³-hybridized carbons (Fsp3) is 0.467. The molecule has 0 fully saturated rings. The SMILES string of the molecule is CC(C)n1nccc1NC(=O)c1csc2c1CCCC2. The number of hydrogen-bond donors (Lipinski definition) is 1. The lowest BCUT2D eigenvalue weighted by Crippen LogP contribution is -2.18. The first-order chi connectivity index (χ1) is 9.66. The van der Waals surface area contributed by atoms with Crippen LogP contribution in [-0.4, -0.2) is 15.7 Å². The van der Waals surface area contributed by atoms with Crippen LogP contribution in [0.5, 0.6) is 0 Å². The standard InChI is InChI=1S/C15H19N3OS/c1-10(2)18-14(7-8-16-18)17-15(19)12-9-20-13-6-4-3-5-11(12)13/h7-10H,3-6H2,1-2H3,(H,17,19). The Morgan fingerprint density at radius 3 is 3.00 bits per heavy atom. The number of aromatic nitrogens is 2. The number of carbonyl (C=O) groups is 1. The monoisotopic (exact) mass is 289 g/mol. The van der Waals surface area contributed by atoms with Gasteiger partial charge in [-0.15, -0.1) is 11.3 Å². The summed E-state index contributed by atoms with van der Waals surface area (Å²) in [5.74, 6) is 0.757. The van der Waals surface area contributed by atoms with Crippen LogP contribution in [-0.2, 0) is 12.8 Å². The predicted octanol–water partition coefficient (Wildman–Crippen LogP) is 3.66. The molecule has 5 heteroatoms. The van der Waals surface area contributed by atoms with Gasteiger partial charge in [-0.2, -0.15) is 5.10 Å². The molecular formula is C15H19N3OS. The van der Waals surface area contributed by atoms with Crippen molar-refractivity contribution in [3.05, 3.63) is 33.6 Å². The maximum Gasteiger partial charge on any atom is 0.257 e. The van der Waals surface area contributed by atoms with E-state index in [1.165, 1.54) is 23.3 Å². The summed E-state index contributed by atoms with van der Waals surface area (Å²) in [7, 11) is 0. The van der Waals surface area contributed by atoms with E-state index in [-0.39, 0.29) is 11.9 Å². The first kappa shape index (κ1) is 13.4. The average molecular weight is 289 g/mol. The number of aryl methyl sites for hydroxylation is 1. The van der Waals surface area contributed by atoms with Crippen molar-refractivity contribution >= 4 is 23.1 Å². The summed E-state index contributed by atoms with van der Waals surface area (Å²) in [5.41, 5.74) is 2.11. The fourth-order valence-corrected chi connectivity index (χ4v) is 3.82. The van der Waals surface area contributed by atoms with Crippen molar-refractivity contribution in [3.8, 4) is 0 Å². The van der Waals surface area contributed by atoms with Crippen LogP contribution in [0.1, 0.15) is 53.5 Å². The van der Waals surface area contributed by atoms with E-state index in [0.717, 1.165) is 24.2 Å². The summed E-state index contributed by atoms with van der Waals surface area (Å²) in [6, 6.07) is 2.08. The molecule has 1 amide bonds. The number of amides is 1. The molecule has 0 aliphatic heterocycles. The molecule has 0 unspecified atom stereocenters. The minimum Gasteiger partial charge on any atom is -0.307 e. The molecule has 0 spiro atoms. The van der Waals surface area contributed by atoms with Gasteiger partial charge in [-0.25, -0.2) is 4.68 Å². The Hall–Kier alpha value is -1.62. The maximum atomic E-state index is 12.5. The molecule has 2 aromatic heterocycles. The van der Waals surface area contributed by atoms with Crippen molar-refractivity contribution in [3.63, 3.8) is 0 Å². The molecule has 1 aliphatic carbocycles. The zero-order chi connectivity index (χ0) is 14.1. The highest BCUT2D eigenvalue weighted by atomic mass is 32.1. The van der Waals surface area contributed by atoms with Crippen LogP contribution in [0.15, 0.2) is 17.6 Å². The van der Waals surface area contributed by atoms with E-state index in [4.69, 9.17) is 0 Å². The van der Waals surface area contributed by atoms with Gasteiger partial charge in [0, 0.05) is 22.4 Å². The van der Waals surface area contributed by atoms with Crippen LogP contribution < -0.4 is 5.32 Å². The molecule has 4 nitrogen and oxygen atoms in total. The Balaban J connectivity index is 1.83. The Bertz CT molecular complexity index is 627. The third-order valence-corrected chi connectivity index (χ3v) is 4.80. The Labute approximate surface area is 122 Å². The van der Waals surface area contributed by atoms with Gasteiger partial charge in [0.2, 0.25) is 0 Å². The van der Waals surface area contributed by atoms with Crippen molar-refractivity contribution < 1.29 is 4.79 Å². The summed E-state index contributed by atoms with van der Waals surface area (Å²) in [4.78, 5) is 13.9. The van der Waals surface area contributed by atoms with Gasteiger partial charge < -0.3 is 5.32 Å². The largest absolute Gasteiger partial charge is 0.307 e. The van der Waals surface area contributed by atoms with E-state index < -0.39 is 0 Å². The highest BCUT2D eigenvalue weighted by Gasteiger charge is 2.21. The van der Waals surface area contributed by atoms with E-state index in [0.29, 0.717) is 0 Å². The van der Waals surface area contributed by atoms with Crippen molar-refractivity contribution in [2.75, 3.05) is 5.32 Å².